The minimum atomic E-state index is -0.228. The van der Waals surface area contributed by atoms with Gasteiger partial charge in [-0.3, -0.25) is 9.59 Å². The predicted octanol–water partition coefficient (Wildman–Crippen LogP) is 4.96. The van der Waals surface area contributed by atoms with Gasteiger partial charge in [-0.1, -0.05) is 60.1 Å². The molecule has 1 amide bonds. The highest BCUT2D eigenvalue weighted by Gasteiger charge is 2.09. The summed E-state index contributed by atoms with van der Waals surface area (Å²) in [6.07, 6.45) is 1.63. The Morgan fingerprint density at radius 1 is 0.893 bits per heavy atom. The lowest BCUT2D eigenvalue weighted by Gasteiger charge is -2.11. The van der Waals surface area contributed by atoms with E-state index in [1.54, 1.807) is 24.4 Å². The number of nitrogens with one attached hydrogen (secondary N) is 1. The van der Waals surface area contributed by atoms with Crippen LogP contribution in [0.1, 0.15) is 15.9 Å². The number of hydrogen-bond acceptors (Lipinski definition) is 2. The first kappa shape index (κ1) is 18.0. The summed E-state index contributed by atoms with van der Waals surface area (Å²) in [6, 6.07) is 23.8. The maximum Gasteiger partial charge on any atom is 0.255 e. The van der Waals surface area contributed by atoms with Crippen molar-refractivity contribution < 1.29 is 4.79 Å². The quantitative estimate of drug-likeness (QED) is 0.537. The standard InChI is InChI=1S/C23H17ClN2O2/c24-21-8-4-3-7-19(21)14-26-15-20(11-12-22(26)27)25-23(28)18-10-9-16-5-1-2-6-17(16)13-18/h1-13,15H,14H2,(H,25,28). The number of anilines is 1. The summed E-state index contributed by atoms with van der Waals surface area (Å²) in [6.45, 7) is 0.332. The van der Waals surface area contributed by atoms with Crippen LogP contribution < -0.4 is 10.9 Å². The van der Waals surface area contributed by atoms with Crippen molar-refractivity contribution in [3.63, 3.8) is 0 Å². The molecule has 28 heavy (non-hydrogen) atoms. The van der Waals surface area contributed by atoms with Crippen LogP contribution in [0.2, 0.25) is 5.02 Å². The lowest BCUT2D eigenvalue weighted by Crippen LogP contribution is -2.21. The van der Waals surface area contributed by atoms with Gasteiger partial charge in [0.15, 0.2) is 0 Å². The third-order valence-electron chi connectivity index (χ3n) is 4.55. The zero-order chi connectivity index (χ0) is 19.5. The van der Waals surface area contributed by atoms with Crippen molar-refractivity contribution in [1.82, 2.24) is 4.57 Å². The van der Waals surface area contributed by atoms with E-state index >= 15 is 0 Å². The van der Waals surface area contributed by atoms with E-state index < -0.39 is 0 Å². The fraction of sp³-hybridized carbons (Fsp3) is 0.0435. The van der Waals surface area contributed by atoms with Crippen LogP contribution in [-0.2, 0) is 6.54 Å². The second-order valence-corrected chi connectivity index (χ2v) is 6.90. The van der Waals surface area contributed by atoms with Gasteiger partial charge < -0.3 is 9.88 Å². The molecule has 3 aromatic carbocycles. The summed E-state index contributed by atoms with van der Waals surface area (Å²) in [4.78, 5) is 24.8. The molecule has 0 saturated carbocycles. The Balaban J connectivity index is 1.58. The lowest BCUT2D eigenvalue weighted by atomic mass is 10.1. The number of carbonyl (C=O) groups is 1. The second kappa shape index (κ2) is 7.71. The van der Waals surface area contributed by atoms with E-state index in [-0.39, 0.29) is 11.5 Å². The highest BCUT2D eigenvalue weighted by atomic mass is 35.5. The Labute approximate surface area is 167 Å². The highest BCUT2D eigenvalue weighted by molar-refractivity contribution is 6.31. The van der Waals surface area contributed by atoms with Crippen LogP contribution in [0.5, 0.6) is 0 Å². The van der Waals surface area contributed by atoms with Crippen LogP contribution in [-0.4, -0.2) is 10.5 Å². The minimum absolute atomic E-state index is 0.163. The molecule has 0 bridgehead atoms. The van der Waals surface area contributed by atoms with Gasteiger partial charge in [-0.05, 0) is 40.6 Å². The molecule has 1 N–H and O–H groups in total. The Morgan fingerprint density at radius 2 is 1.64 bits per heavy atom. The molecule has 0 saturated heterocycles. The van der Waals surface area contributed by atoms with Gasteiger partial charge in [-0.25, -0.2) is 0 Å². The van der Waals surface area contributed by atoms with Crippen LogP contribution in [0.3, 0.4) is 0 Å². The zero-order valence-electron chi connectivity index (χ0n) is 14.9. The van der Waals surface area contributed by atoms with Crippen LogP contribution in [0.25, 0.3) is 10.8 Å². The molecule has 0 radical (unpaired) electrons. The van der Waals surface area contributed by atoms with E-state index in [0.29, 0.717) is 22.8 Å². The molecule has 0 fully saturated rings. The maximum atomic E-state index is 12.6. The number of rotatable bonds is 4. The van der Waals surface area contributed by atoms with Gasteiger partial charge >= 0.3 is 0 Å². The molecule has 0 aliphatic rings. The molecular weight excluding hydrogens is 372 g/mol. The first-order valence-electron chi connectivity index (χ1n) is 8.84. The molecule has 4 rings (SSSR count). The van der Waals surface area contributed by atoms with E-state index in [0.717, 1.165) is 16.3 Å². The van der Waals surface area contributed by atoms with Crippen molar-refractivity contribution in [1.29, 1.82) is 0 Å². The molecule has 1 heterocycles. The van der Waals surface area contributed by atoms with Crippen LogP contribution >= 0.6 is 11.6 Å². The number of benzene rings is 3. The van der Waals surface area contributed by atoms with Crippen molar-refractivity contribution in [3.8, 4) is 0 Å². The van der Waals surface area contributed by atoms with Crippen LogP contribution in [0.15, 0.2) is 89.9 Å². The first-order valence-corrected chi connectivity index (χ1v) is 9.22. The molecule has 0 aliphatic carbocycles. The molecule has 0 unspecified atom stereocenters. The van der Waals surface area contributed by atoms with Crippen molar-refractivity contribution in [2.75, 3.05) is 5.32 Å². The number of carbonyl (C=O) groups excluding carboxylic acids is 1. The number of amides is 1. The van der Waals surface area contributed by atoms with E-state index in [9.17, 15) is 9.59 Å². The largest absolute Gasteiger partial charge is 0.321 e. The van der Waals surface area contributed by atoms with Crippen LogP contribution in [0.4, 0.5) is 5.69 Å². The molecule has 0 atom stereocenters. The average Bonchev–Trinajstić information content (AvgIpc) is 2.71. The number of fused-ring (bicyclic) bond motifs is 1. The number of hydrogen-bond donors (Lipinski definition) is 1. The van der Waals surface area contributed by atoms with Gasteiger partial charge in [0.2, 0.25) is 0 Å². The second-order valence-electron chi connectivity index (χ2n) is 6.49. The number of nitrogens with zero attached hydrogens (tertiary/aromatic N) is 1. The van der Waals surface area contributed by atoms with E-state index in [2.05, 4.69) is 5.32 Å². The first-order chi connectivity index (χ1) is 13.6. The number of halogens is 1. The summed E-state index contributed by atoms with van der Waals surface area (Å²) in [5, 5.41) is 5.53. The topological polar surface area (TPSA) is 51.1 Å². The summed E-state index contributed by atoms with van der Waals surface area (Å²) < 4.78 is 1.53. The normalized spacial score (nSPS) is 10.8. The Morgan fingerprint density at radius 3 is 2.46 bits per heavy atom. The fourth-order valence-electron chi connectivity index (χ4n) is 3.07. The zero-order valence-corrected chi connectivity index (χ0v) is 15.7. The van der Waals surface area contributed by atoms with Crippen molar-refractivity contribution in [3.05, 3.63) is 112 Å². The molecule has 4 nitrogen and oxygen atoms in total. The third-order valence-corrected chi connectivity index (χ3v) is 4.92. The third kappa shape index (κ3) is 3.82. The fourth-order valence-corrected chi connectivity index (χ4v) is 3.27. The van der Waals surface area contributed by atoms with Gasteiger partial charge in [-0.15, -0.1) is 0 Å². The van der Waals surface area contributed by atoms with Crippen molar-refractivity contribution >= 4 is 34.0 Å². The van der Waals surface area contributed by atoms with Gasteiger partial charge in [0.1, 0.15) is 0 Å². The van der Waals surface area contributed by atoms with Crippen LogP contribution in [0, 0.1) is 0 Å². The monoisotopic (exact) mass is 388 g/mol. The lowest BCUT2D eigenvalue weighted by molar-refractivity contribution is 0.102. The van der Waals surface area contributed by atoms with Gasteiger partial charge in [-0.2, -0.15) is 0 Å². The summed E-state index contributed by atoms with van der Waals surface area (Å²) in [5.74, 6) is -0.228. The minimum Gasteiger partial charge on any atom is -0.321 e. The molecule has 0 spiro atoms. The molecule has 1 aromatic heterocycles. The molecule has 4 aromatic rings. The van der Waals surface area contributed by atoms with Crippen molar-refractivity contribution in [2.45, 2.75) is 6.54 Å². The number of aromatic nitrogens is 1. The van der Waals surface area contributed by atoms with Gasteiger partial charge in [0.25, 0.3) is 11.5 Å². The SMILES string of the molecule is O=C(Nc1ccc(=O)n(Cc2ccccc2Cl)c1)c1ccc2ccccc2c1. The predicted molar refractivity (Wildman–Crippen MR) is 113 cm³/mol. The van der Waals surface area contributed by atoms with Gasteiger partial charge in [0.05, 0.1) is 12.2 Å². The summed E-state index contributed by atoms with van der Waals surface area (Å²) in [5.41, 5.74) is 1.78. The molecule has 138 valence electrons. The Bertz CT molecular complexity index is 1230. The Kier molecular flexibility index (Phi) is 4.96. The smallest absolute Gasteiger partial charge is 0.255 e. The molecule has 5 heteroatoms. The van der Waals surface area contributed by atoms with Gasteiger partial charge in [0, 0.05) is 22.8 Å². The summed E-state index contributed by atoms with van der Waals surface area (Å²) >= 11 is 6.19. The number of pyridine rings is 1. The summed E-state index contributed by atoms with van der Waals surface area (Å²) in [7, 11) is 0. The average molecular weight is 389 g/mol. The van der Waals surface area contributed by atoms with E-state index in [1.807, 2.05) is 54.6 Å². The molecular formula is C23H17ClN2O2. The highest BCUT2D eigenvalue weighted by Crippen LogP contribution is 2.18. The molecule has 0 aliphatic heterocycles. The maximum absolute atomic E-state index is 12.6. The van der Waals surface area contributed by atoms with Crippen molar-refractivity contribution in [2.24, 2.45) is 0 Å². The Hall–Kier alpha value is -3.37. The van der Waals surface area contributed by atoms with E-state index in [4.69, 9.17) is 11.6 Å². The van der Waals surface area contributed by atoms with E-state index in [1.165, 1.54) is 10.6 Å².